The van der Waals surface area contributed by atoms with E-state index in [0.717, 1.165) is 24.0 Å². The van der Waals surface area contributed by atoms with Gasteiger partial charge >= 0.3 is 6.09 Å². The molecular formula is C13H16BrNO2. The molecule has 1 saturated heterocycles. The number of carbonyl (C=O) groups excluding carboxylic acids is 1. The summed E-state index contributed by atoms with van der Waals surface area (Å²) in [6.07, 6.45) is 0.826. The first-order valence-electron chi connectivity index (χ1n) is 5.88. The highest BCUT2D eigenvalue weighted by atomic mass is 79.9. The molecule has 1 aliphatic rings. The van der Waals surface area contributed by atoms with Crippen molar-refractivity contribution in [2.45, 2.75) is 19.3 Å². The molecule has 92 valence electrons. The van der Waals surface area contributed by atoms with Gasteiger partial charge in [0.2, 0.25) is 0 Å². The number of nitrogens with zero attached hydrogens (tertiary/aromatic N) is 1. The highest BCUT2D eigenvalue weighted by molar-refractivity contribution is 9.10. The minimum atomic E-state index is -0.188. The lowest BCUT2D eigenvalue weighted by Gasteiger charge is -2.15. The van der Waals surface area contributed by atoms with Gasteiger partial charge in [-0.15, -0.1) is 0 Å². The topological polar surface area (TPSA) is 29.5 Å². The lowest BCUT2D eigenvalue weighted by molar-refractivity contribution is 0.115. The van der Waals surface area contributed by atoms with Crippen molar-refractivity contribution in [3.8, 4) is 0 Å². The first-order chi connectivity index (χ1) is 8.20. The quantitative estimate of drug-likeness (QED) is 0.837. The standard InChI is InChI=1S/C13H16BrNO2/c1-2-17-13(16)15-8-7-11(9-15)10-3-5-12(14)6-4-10/h3-6,11H,2,7-9H2,1H3. The van der Waals surface area contributed by atoms with E-state index in [1.165, 1.54) is 5.56 Å². The molecule has 1 unspecified atom stereocenters. The highest BCUT2D eigenvalue weighted by Crippen LogP contribution is 2.28. The van der Waals surface area contributed by atoms with Crippen LogP contribution in [-0.2, 0) is 4.74 Å². The molecule has 0 saturated carbocycles. The van der Waals surface area contributed by atoms with Crippen LogP contribution in [0.1, 0.15) is 24.8 Å². The van der Waals surface area contributed by atoms with Crippen LogP contribution in [0.25, 0.3) is 0 Å². The largest absolute Gasteiger partial charge is 0.450 e. The van der Waals surface area contributed by atoms with E-state index in [-0.39, 0.29) is 6.09 Å². The van der Waals surface area contributed by atoms with Crippen molar-refractivity contribution < 1.29 is 9.53 Å². The molecular weight excluding hydrogens is 282 g/mol. The Hall–Kier alpha value is -1.03. The zero-order valence-electron chi connectivity index (χ0n) is 9.86. The maximum Gasteiger partial charge on any atom is 0.409 e. The molecule has 0 radical (unpaired) electrons. The van der Waals surface area contributed by atoms with Crippen molar-refractivity contribution in [1.29, 1.82) is 0 Å². The summed E-state index contributed by atoms with van der Waals surface area (Å²) in [4.78, 5) is 13.4. The average Bonchev–Trinajstić information content (AvgIpc) is 2.80. The van der Waals surface area contributed by atoms with E-state index in [9.17, 15) is 4.79 Å². The van der Waals surface area contributed by atoms with Crippen LogP contribution in [-0.4, -0.2) is 30.7 Å². The third-order valence-electron chi connectivity index (χ3n) is 3.06. The van der Waals surface area contributed by atoms with Crippen LogP contribution < -0.4 is 0 Å². The van der Waals surface area contributed by atoms with Gasteiger partial charge in [0.25, 0.3) is 0 Å². The van der Waals surface area contributed by atoms with Gasteiger partial charge in [0.15, 0.2) is 0 Å². The van der Waals surface area contributed by atoms with E-state index in [2.05, 4.69) is 28.1 Å². The highest BCUT2D eigenvalue weighted by Gasteiger charge is 2.27. The summed E-state index contributed by atoms with van der Waals surface area (Å²) in [5.41, 5.74) is 1.29. The Bertz CT molecular complexity index is 391. The summed E-state index contributed by atoms with van der Waals surface area (Å²) in [6.45, 7) is 3.83. The second-order valence-corrected chi connectivity index (χ2v) is 5.10. The molecule has 1 aromatic rings. The van der Waals surface area contributed by atoms with E-state index < -0.39 is 0 Å². The van der Waals surface area contributed by atoms with Gasteiger partial charge in [-0.3, -0.25) is 0 Å². The van der Waals surface area contributed by atoms with Crippen LogP contribution in [0, 0.1) is 0 Å². The first-order valence-corrected chi connectivity index (χ1v) is 6.67. The van der Waals surface area contributed by atoms with Gasteiger partial charge in [-0.1, -0.05) is 28.1 Å². The van der Waals surface area contributed by atoms with E-state index in [0.29, 0.717) is 12.5 Å². The molecule has 0 aromatic heterocycles. The Morgan fingerprint density at radius 1 is 1.47 bits per heavy atom. The monoisotopic (exact) mass is 297 g/mol. The molecule has 1 amide bonds. The molecule has 1 aliphatic heterocycles. The predicted molar refractivity (Wildman–Crippen MR) is 70.1 cm³/mol. The lowest BCUT2D eigenvalue weighted by Crippen LogP contribution is -2.29. The maximum atomic E-state index is 11.6. The molecule has 0 spiro atoms. The summed E-state index contributed by atoms with van der Waals surface area (Å²) < 4.78 is 6.09. The molecule has 1 atom stereocenters. The Morgan fingerprint density at radius 3 is 2.82 bits per heavy atom. The Kier molecular flexibility index (Phi) is 4.05. The Labute approximate surface area is 110 Å². The van der Waals surface area contributed by atoms with Crippen LogP contribution in [0.15, 0.2) is 28.7 Å². The van der Waals surface area contributed by atoms with Crippen molar-refractivity contribution in [2.75, 3.05) is 19.7 Å². The van der Waals surface area contributed by atoms with Crippen LogP contribution in [0.4, 0.5) is 4.79 Å². The lowest BCUT2D eigenvalue weighted by atomic mass is 9.99. The average molecular weight is 298 g/mol. The van der Waals surface area contributed by atoms with Gasteiger partial charge in [-0.25, -0.2) is 4.79 Å². The van der Waals surface area contributed by atoms with Crippen molar-refractivity contribution >= 4 is 22.0 Å². The zero-order valence-corrected chi connectivity index (χ0v) is 11.4. The fraction of sp³-hybridized carbons (Fsp3) is 0.462. The van der Waals surface area contributed by atoms with Gasteiger partial charge < -0.3 is 9.64 Å². The van der Waals surface area contributed by atoms with Crippen LogP contribution >= 0.6 is 15.9 Å². The van der Waals surface area contributed by atoms with E-state index in [1.54, 1.807) is 4.90 Å². The van der Waals surface area contributed by atoms with Crippen LogP contribution in [0.2, 0.25) is 0 Å². The van der Waals surface area contributed by atoms with Crippen LogP contribution in [0.3, 0.4) is 0 Å². The molecule has 0 aliphatic carbocycles. The molecule has 4 heteroatoms. The minimum Gasteiger partial charge on any atom is -0.450 e. The number of rotatable bonds is 2. The molecule has 1 aromatic carbocycles. The van der Waals surface area contributed by atoms with E-state index in [1.807, 2.05) is 19.1 Å². The fourth-order valence-electron chi connectivity index (χ4n) is 2.15. The normalized spacial score (nSPS) is 19.4. The van der Waals surface area contributed by atoms with Gasteiger partial charge in [0.1, 0.15) is 0 Å². The molecule has 3 nitrogen and oxygen atoms in total. The maximum absolute atomic E-state index is 11.6. The van der Waals surface area contributed by atoms with Gasteiger partial charge in [-0.05, 0) is 31.0 Å². The summed E-state index contributed by atoms with van der Waals surface area (Å²) in [7, 11) is 0. The molecule has 2 rings (SSSR count). The fourth-order valence-corrected chi connectivity index (χ4v) is 2.41. The van der Waals surface area contributed by atoms with Crippen molar-refractivity contribution in [2.24, 2.45) is 0 Å². The summed E-state index contributed by atoms with van der Waals surface area (Å²) in [5.74, 6) is 0.438. The second kappa shape index (κ2) is 5.54. The summed E-state index contributed by atoms with van der Waals surface area (Å²) >= 11 is 3.43. The van der Waals surface area contributed by atoms with E-state index in [4.69, 9.17) is 4.74 Å². The third-order valence-corrected chi connectivity index (χ3v) is 3.58. The SMILES string of the molecule is CCOC(=O)N1CCC(c2ccc(Br)cc2)C1. The summed E-state index contributed by atoms with van der Waals surface area (Å²) in [6, 6.07) is 8.32. The molecule has 17 heavy (non-hydrogen) atoms. The molecule has 0 N–H and O–H groups in total. The molecule has 0 bridgehead atoms. The summed E-state index contributed by atoms with van der Waals surface area (Å²) in [5, 5.41) is 0. The second-order valence-electron chi connectivity index (χ2n) is 4.18. The third kappa shape index (κ3) is 3.00. The van der Waals surface area contributed by atoms with E-state index >= 15 is 0 Å². The van der Waals surface area contributed by atoms with Crippen molar-refractivity contribution in [3.63, 3.8) is 0 Å². The predicted octanol–water partition coefficient (Wildman–Crippen LogP) is 3.39. The number of carbonyl (C=O) groups is 1. The number of hydrogen-bond acceptors (Lipinski definition) is 2. The molecule has 1 heterocycles. The number of hydrogen-bond donors (Lipinski definition) is 0. The zero-order chi connectivity index (χ0) is 12.3. The number of ether oxygens (including phenoxy) is 1. The number of halogens is 1. The van der Waals surface area contributed by atoms with Crippen LogP contribution in [0.5, 0.6) is 0 Å². The number of benzene rings is 1. The van der Waals surface area contributed by atoms with Crippen molar-refractivity contribution in [1.82, 2.24) is 4.90 Å². The first kappa shape index (κ1) is 12.4. The van der Waals surface area contributed by atoms with Crippen molar-refractivity contribution in [3.05, 3.63) is 34.3 Å². The van der Waals surface area contributed by atoms with Gasteiger partial charge in [-0.2, -0.15) is 0 Å². The van der Waals surface area contributed by atoms with Gasteiger partial charge in [0, 0.05) is 23.5 Å². The minimum absolute atomic E-state index is 0.188. The van der Waals surface area contributed by atoms with Gasteiger partial charge in [0.05, 0.1) is 6.61 Å². The molecule has 1 fully saturated rings. The number of likely N-dealkylation sites (tertiary alicyclic amines) is 1. The number of amides is 1. The Morgan fingerprint density at radius 2 is 2.18 bits per heavy atom. The Balaban J connectivity index is 1.98. The smallest absolute Gasteiger partial charge is 0.409 e.